The highest BCUT2D eigenvalue weighted by atomic mass is 19.3. The summed E-state index contributed by atoms with van der Waals surface area (Å²) in [6.45, 7) is 2.80. The number of benzene rings is 1. The lowest BCUT2D eigenvalue weighted by Crippen LogP contribution is -2.25. The third kappa shape index (κ3) is 9.09. The Bertz CT molecular complexity index is 748. The summed E-state index contributed by atoms with van der Waals surface area (Å²) >= 11 is 0. The van der Waals surface area contributed by atoms with Gasteiger partial charge in [-0.2, -0.15) is 8.78 Å². The summed E-state index contributed by atoms with van der Waals surface area (Å²) < 4.78 is 38.7. The predicted molar refractivity (Wildman–Crippen MR) is 118 cm³/mol. The van der Waals surface area contributed by atoms with Crippen LogP contribution in [-0.2, 0) is 9.53 Å². The van der Waals surface area contributed by atoms with Gasteiger partial charge >= 0.3 is 5.97 Å². The van der Waals surface area contributed by atoms with Crippen LogP contribution < -0.4 is 4.74 Å². The Morgan fingerprint density at radius 3 is 2.59 bits per heavy atom. The third-order valence-electron chi connectivity index (χ3n) is 5.35. The summed E-state index contributed by atoms with van der Waals surface area (Å²) in [4.78, 5) is 11.5. The van der Waals surface area contributed by atoms with E-state index in [1.807, 2.05) is 12.2 Å². The molecule has 0 saturated heterocycles. The van der Waals surface area contributed by atoms with Gasteiger partial charge in [0.05, 0.1) is 18.3 Å². The van der Waals surface area contributed by atoms with Crippen LogP contribution in [0.15, 0.2) is 54.6 Å². The predicted octanol–water partition coefficient (Wildman–Crippen LogP) is 4.68. The van der Waals surface area contributed by atoms with Gasteiger partial charge in [-0.05, 0) is 57.2 Å². The van der Waals surface area contributed by atoms with E-state index in [0.29, 0.717) is 31.4 Å². The number of aliphatic hydroxyl groups is 2. The Morgan fingerprint density at radius 2 is 1.91 bits per heavy atom. The molecule has 2 rings (SSSR count). The Labute approximate surface area is 188 Å². The van der Waals surface area contributed by atoms with Crippen molar-refractivity contribution in [3.05, 3.63) is 54.6 Å². The van der Waals surface area contributed by atoms with Gasteiger partial charge in [-0.3, -0.25) is 4.79 Å². The molecule has 178 valence electrons. The summed E-state index contributed by atoms with van der Waals surface area (Å²) in [5.74, 6) is -4.00. The Morgan fingerprint density at radius 1 is 1.19 bits per heavy atom. The highest BCUT2D eigenvalue weighted by Gasteiger charge is 2.40. The van der Waals surface area contributed by atoms with E-state index in [0.717, 1.165) is 6.08 Å². The van der Waals surface area contributed by atoms with Gasteiger partial charge in [0.1, 0.15) is 5.75 Å². The summed E-state index contributed by atoms with van der Waals surface area (Å²) in [7, 11) is 0. The fraction of sp³-hybridized carbons (Fsp3) is 0.560. The maximum atomic E-state index is 14.2. The van der Waals surface area contributed by atoms with Crippen molar-refractivity contribution in [3.63, 3.8) is 0 Å². The molecule has 1 aliphatic carbocycles. The number of aliphatic hydroxyl groups excluding tert-OH is 2. The van der Waals surface area contributed by atoms with E-state index in [4.69, 9.17) is 9.47 Å². The molecule has 0 amide bonds. The first-order valence-corrected chi connectivity index (χ1v) is 11.1. The van der Waals surface area contributed by atoms with Crippen molar-refractivity contribution in [2.24, 2.45) is 11.8 Å². The van der Waals surface area contributed by atoms with Gasteiger partial charge in [0.25, 0.3) is 5.92 Å². The first-order valence-electron chi connectivity index (χ1n) is 11.1. The molecule has 1 aliphatic rings. The lowest BCUT2D eigenvalue weighted by Gasteiger charge is -2.20. The van der Waals surface area contributed by atoms with Crippen LogP contribution in [0.5, 0.6) is 5.75 Å². The van der Waals surface area contributed by atoms with Crippen LogP contribution >= 0.6 is 0 Å². The fourth-order valence-electron chi connectivity index (χ4n) is 3.76. The summed E-state index contributed by atoms with van der Waals surface area (Å²) in [6, 6.07) is 8.39. The number of unbranched alkanes of at least 4 members (excludes halogenated alkanes) is 1. The van der Waals surface area contributed by atoms with E-state index in [-0.39, 0.29) is 24.4 Å². The molecule has 0 aliphatic heterocycles. The second-order valence-electron chi connectivity index (χ2n) is 8.47. The van der Waals surface area contributed by atoms with Crippen LogP contribution in [0.2, 0.25) is 0 Å². The number of ether oxygens (including phenoxy) is 2. The van der Waals surface area contributed by atoms with Gasteiger partial charge in [-0.25, -0.2) is 0 Å². The Balaban J connectivity index is 1.83. The second kappa shape index (κ2) is 12.7. The number of hydrogen-bond donors (Lipinski definition) is 2. The molecule has 0 spiro atoms. The van der Waals surface area contributed by atoms with E-state index in [1.54, 1.807) is 44.2 Å². The van der Waals surface area contributed by atoms with Crippen LogP contribution in [0.1, 0.15) is 46.0 Å². The molecule has 1 fully saturated rings. The molecule has 1 aromatic carbocycles. The maximum absolute atomic E-state index is 14.2. The van der Waals surface area contributed by atoms with Crippen molar-refractivity contribution in [3.8, 4) is 5.75 Å². The zero-order chi connectivity index (χ0) is 23.6. The molecule has 0 radical (unpaired) electrons. The van der Waals surface area contributed by atoms with Crippen molar-refractivity contribution < 1.29 is 33.3 Å². The average Bonchev–Trinajstić information content (AvgIpc) is 3.00. The molecule has 32 heavy (non-hydrogen) atoms. The lowest BCUT2D eigenvalue weighted by atomic mass is 9.89. The van der Waals surface area contributed by atoms with Gasteiger partial charge in [-0.15, -0.1) is 0 Å². The van der Waals surface area contributed by atoms with Crippen molar-refractivity contribution in [2.45, 2.75) is 70.2 Å². The number of hydrogen-bond acceptors (Lipinski definition) is 5. The number of para-hydroxylation sites is 1. The van der Waals surface area contributed by atoms with E-state index in [1.165, 1.54) is 6.08 Å². The topological polar surface area (TPSA) is 76.0 Å². The number of carbonyl (C=O) groups is 1. The normalized spacial score (nSPS) is 24.0. The van der Waals surface area contributed by atoms with Crippen molar-refractivity contribution >= 4 is 5.97 Å². The van der Waals surface area contributed by atoms with Crippen LogP contribution in [0.25, 0.3) is 0 Å². The van der Waals surface area contributed by atoms with E-state index >= 15 is 0 Å². The number of halogens is 2. The van der Waals surface area contributed by atoms with Crippen molar-refractivity contribution in [2.75, 3.05) is 6.61 Å². The minimum Gasteiger partial charge on any atom is -0.487 e. The molecule has 4 atom stereocenters. The zero-order valence-corrected chi connectivity index (χ0v) is 18.7. The van der Waals surface area contributed by atoms with Gasteiger partial charge < -0.3 is 19.7 Å². The third-order valence-corrected chi connectivity index (χ3v) is 5.35. The zero-order valence-electron chi connectivity index (χ0n) is 18.7. The first kappa shape index (κ1) is 26.0. The fourth-order valence-corrected chi connectivity index (χ4v) is 3.76. The van der Waals surface area contributed by atoms with Crippen LogP contribution in [0.3, 0.4) is 0 Å². The summed E-state index contributed by atoms with van der Waals surface area (Å²) in [6.07, 6.45) is 6.33. The number of carbonyl (C=O) groups excluding carboxylic acids is 1. The molecular weight excluding hydrogens is 418 g/mol. The SMILES string of the molecule is CC(C)OC(=O)CCCC=CCC1C(O)CC(O)C1C=CC(F)(F)COc1ccccc1. The second-order valence-corrected chi connectivity index (χ2v) is 8.47. The Kier molecular flexibility index (Phi) is 10.3. The molecule has 0 heterocycles. The minimum absolute atomic E-state index is 0.129. The van der Waals surface area contributed by atoms with Gasteiger partial charge in [0, 0.05) is 18.8 Å². The number of alkyl halides is 2. The van der Waals surface area contributed by atoms with Crippen molar-refractivity contribution in [1.29, 1.82) is 0 Å². The quantitative estimate of drug-likeness (QED) is 0.274. The first-order chi connectivity index (χ1) is 15.2. The lowest BCUT2D eigenvalue weighted by molar-refractivity contribution is -0.147. The summed E-state index contributed by atoms with van der Waals surface area (Å²) in [5, 5.41) is 20.5. The molecule has 2 N–H and O–H groups in total. The van der Waals surface area contributed by atoms with Gasteiger partial charge in [-0.1, -0.05) is 36.4 Å². The number of allylic oxidation sites excluding steroid dienone is 2. The summed E-state index contributed by atoms with van der Waals surface area (Å²) in [5.41, 5.74) is 0. The van der Waals surface area contributed by atoms with Gasteiger partial charge in [0.15, 0.2) is 6.61 Å². The molecule has 4 unspecified atom stereocenters. The number of rotatable bonds is 12. The van der Waals surface area contributed by atoms with E-state index in [9.17, 15) is 23.8 Å². The van der Waals surface area contributed by atoms with Crippen LogP contribution in [-0.4, -0.2) is 47.0 Å². The molecule has 1 aromatic rings. The number of esters is 1. The standard InChI is InChI=1S/C25H34F2O5/c1-18(2)32-24(30)13-9-4-3-8-12-20-21(23(29)16-22(20)28)14-15-25(26,27)17-31-19-10-6-5-7-11-19/h3,5-8,10-11,14-15,18,20-23,28-29H,4,9,12-13,16-17H2,1-2H3. The molecule has 0 aromatic heterocycles. The smallest absolute Gasteiger partial charge is 0.306 e. The van der Waals surface area contributed by atoms with Crippen molar-refractivity contribution in [1.82, 2.24) is 0 Å². The molecule has 1 saturated carbocycles. The van der Waals surface area contributed by atoms with Crippen LogP contribution in [0, 0.1) is 11.8 Å². The van der Waals surface area contributed by atoms with E-state index < -0.39 is 30.7 Å². The molecule has 5 nitrogen and oxygen atoms in total. The maximum Gasteiger partial charge on any atom is 0.306 e. The molecule has 0 bridgehead atoms. The highest BCUT2D eigenvalue weighted by molar-refractivity contribution is 5.69. The van der Waals surface area contributed by atoms with E-state index in [2.05, 4.69) is 0 Å². The largest absolute Gasteiger partial charge is 0.487 e. The minimum atomic E-state index is -3.20. The Hall–Kier alpha value is -2.25. The highest BCUT2D eigenvalue weighted by Crippen LogP contribution is 2.37. The average molecular weight is 453 g/mol. The molecule has 7 heteroatoms. The van der Waals surface area contributed by atoms with Crippen LogP contribution in [0.4, 0.5) is 8.78 Å². The monoisotopic (exact) mass is 452 g/mol. The van der Waals surface area contributed by atoms with Gasteiger partial charge in [0.2, 0.25) is 0 Å². The molecular formula is C25H34F2O5.